The third-order valence-electron chi connectivity index (χ3n) is 1.97. The number of hydrogen-bond acceptors (Lipinski definition) is 4. The van der Waals surface area contributed by atoms with Gasteiger partial charge in [-0.1, -0.05) is 0 Å². The summed E-state index contributed by atoms with van der Waals surface area (Å²) < 4.78 is 6.54. The zero-order chi connectivity index (χ0) is 10.6. The highest BCUT2D eigenvalue weighted by Crippen LogP contribution is 2.08. The van der Waals surface area contributed by atoms with Gasteiger partial charge in [-0.3, -0.25) is 4.79 Å². The van der Waals surface area contributed by atoms with E-state index in [4.69, 9.17) is 0 Å². The summed E-state index contributed by atoms with van der Waals surface area (Å²) in [6.45, 7) is 3.07. The third kappa shape index (κ3) is 2.25. The molecular weight excluding hydrogens is 182 g/mol. The molecule has 0 aliphatic carbocycles. The Balaban J connectivity index is 2.68. The highest BCUT2D eigenvalue weighted by Gasteiger charge is 2.11. The van der Waals surface area contributed by atoms with Gasteiger partial charge >= 0.3 is 5.97 Å². The number of esters is 1. The lowest BCUT2D eigenvalue weighted by atomic mass is 10.5. The van der Waals surface area contributed by atoms with Crippen molar-refractivity contribution >= 4 is 11.9 Å². The van der Waals surface area contributed by atoms with Crippen LogP contribution in [0.2, 0.25) is 0 Å². The maximum absolute atomic E-state index is 11.0. The van der Waals surface area contributed by atoms with Crippen molar-refractivity contribution in [2.45, 2.75) is 13.5 Å². The van der Waals surface area contributed by atoms with E-state index in [0.29, 0.717) is 0 Å². The fourth-order valence-electron chi connectivity index (χ4n) is 1.21. The van der Waals surface area contributed by atoms with Crippen LogP contribution < -0.4 is 4.90 Å². The summed E-state index contributed by atoms with van der Waals surface area (Å²) >= 11 is 0. The van der Waals surface area contributed by atoms with Gasteiger partial charge < -0.3 is 14.2 Å². The van der Waals surface area contributed by atoms with Crippen LogP contribution in [0.5, 0.6) is 0 Å². The summed E-state index contributed by atoms with van der Waals surface area (Å²) in [6.07, 6.45) is 3.59. The van der Waals surface area contributed by atoms with Crippen molar-refractivity contribution in [3.8, 4) is 0 Å². The molecule has 0 amide bonds. The third-order valence-corrected chi connectivity index (χ3v) is 1.97. The molecule has 78 valence electrons. The van der Waals surface area contributed by atoms with Crippen LogP contribution in [-0.2, 0) is 16.1 Å². The number of aryl methyl sites for hydroxylation is 1. The predicted octanol–water partition coefficient (Wildman–Crippen LogP) is 0.512. The molecule has 0 bridgehead atoms. The minimum absolute atomic E-state index is 0.216. The van der Waals surface area contributed by atoms with Gasteiger partial charge in [-0.15, -0.1) is 0 Å². The van der Waals surface area contributed by atoms with E-state index in [0.717, 1.165) is 12.5 Å². The van der Waals surface area contributed by atoms with Gasteiger partial charge in [0.25, 0.3) is 0 Å². The molecule has 1 rings (SSSR count). The molecule has 0 saturated heterocycles. The van der Waals surface area contributed by atoms with E-state index >= 15 is 0 Å². The van der Waals surface area contributed by atoms with Crippen LogP contribution in [0.15, 0.2) is 12.4 Å². The first-order valence-electron chi connectivity index (χ1n) is 4.48. The van der Waals surface area contributed by atoms with Crippen LogP contribution >= 0.6 is 0 Å². The second-order valence-electron chi connectivity index (χ2n) is 2.95. The van der Waals surface area contributed by atoms with Crippen molar-refractivity contribution in [2.75, 3.05) is 25.6 Å². The molecule has 1 aromatic rings. The summed E-state index contributed by atoms with van der Waals surface area (Å²) in [6, 6.07) is 0. The average molecular weight is 197 g/mol. The lowest BCUT2D eigenvalue weighted by Crippen LogP contribution is -2.28. The predicted molar refractivity (Wildman–Crippen MR) is 53.2 cm³/mol. The number of anilines is 1. The Morgan fingerprint density at radius 1 is 1.71 bits per heavy atom. The lowest BCUT2D eigenvalue weighted by molar-refractivity contribution is -0.138. The first-order valence-corrected chi connectivity index (χ1v) is 4.48. The fourth-order valence-corrected chi connectivity index (χ4v) is 1.21. The van der Waals surface area contributed by atoms with Crippen LogP contribution in [0.1, 0.15) is 6.92 Å². The summed E-state index contributed by atoms with van der Waals surface area (Å²) in [5.41, 5.74) is 0. The zero-order valence-electron chi connectivity index (χ0n) is 8.73. The number of carbonyl (C=O) groups is 1. The minimum Gasteiger partial charge on any atom is -0.468 e. The van der Waals surface area contributed by atoms with E-state index in [-0.39, 0.29) is 12.5 Å². The number of hydrogen-bond donors (Lipinski definition) is 0. The normalized spacial score (nSPS) is 9.93. The Hall–Kier alpha value is -1.52. The number of likely N-dealkylation sites (N-methyl/N-ethyl adjacent to an activating group) is 1. The van der Waals surface area contributed by atoms with Crippen molar-refractivity contribution in [2.24, 2.45) is 0 Å². The molecule has 0 atom stereocenters. The molecule has 0 aliphatic rings. The van der Waals surface area contributed by atoms with Gasteiger partial charge in [0.15, 0.2) is 0 Å². The first kappa shape index (κ1) is 10.6. The molecule has 0 fully saturated rings. The summed E-state index contributed by atoms with van der Waals surface area (Å²) in [7, 11) is 3.19. The van der Waals surface area contributed by atoms with E-state index in [1.54, 1.807) is 11.1 Å². The van der Waals surface area contributed by atoms with Crippen LogP contribution in [0.4, 0.5) is 5.95 Å². The Morgan fingerprint density at radius 2 is 2.43 bits per heavy atom. The van der Waals surface area contributed by atoms with Gasteiger partial charge in [0.2, 0.25) is 5.95 Å². The first-order chi connectivity index (χ1) is 6.69. The zero-order valence-corrected chi connectivity index (χ0v) is 8.73. The van der Waals surface area contributed by atoms with Crippen molar-refractivity contribution in [1.82, 2.24) is 9.55 Å². The largest absolute Gasteiger partial charge is 0.468 e. The van der Waals surface area contributed by atoms with Gasteiger partial charge in [-0.05, 0) is 6.92 Å². The lowest BCUT2D eigenvalue weighted by Gasteiger charge is -2.17. The van der Waals surface area contributed by atoms with Crippen molar-refractivity contribution < 1.29 is 9.53 Å². The number of methoxy groups -OCH3 is 1. The molecule has 0 radical (unpaired) electrons. The van der Waals surface area contributed by atoms with Gasteiger partial charge in [-0.2, -0.15) is 0 Å². The highest BCUT2D eigenvalue weighted by atomic mass is 16.5. The van der Waals surface area contributed by atoms with Crippen molar-refractivity contribution in [1.29, 1.82) is 0 Å². The number of ether oxygens (including phenoxy) is 1. The summed E-state index contributed by atoms with van der Waals surface area (Å²) in [4.78, 5) is 16.9. The maximum Gasteiger partial charge on any atom is 0.325 e. The second kappa shape index (κ2) is 4.64. The van der Waals surface area contributed by atoms with E-state index < -0.39 is 0 Å². The number of rotatable bonds is 4. The fraction of sp³-hybridized carbons (Fsp3) is 0.556. The van der Waals surface area contributed by atoms with E-state index in [2.05, 4.69) is 9.72 Å². The van der Waals surface area contributed by atoms with Crippen molar-refractivity contribution in [3.63, 3.8) is 0 Å². The Kier molecular flexibility index (Phi) is 3.50. The maximum atomic E-state index is 11.0. The van der Waals surface area contributed by atoms with Crippen LogP contribution in [0.25, 0.3) is 0 Å². The molecule has 0 unspecified atom stereocenters. The quantitative estimate of drug-likeness (QED) is 0.660. The molecule has 0 spiro atoms. The molecule has 0 saturated carbocycles. The summed E-state index contributed by atoms with van der Waals surface area (Å²) in [5.74, 6) is 0.510. The van der Waals surface area contributed by atoms with E-state index in [9.17, 15) is 4.79 Å². The smallest absolute Gasteiger partial charge is 0.325 e. The van der Waals surface area contributed by atoms with Gasteiger partial charge in [0.05, 0.1) is 7.11 Å². The highest BCUT2D eigenvalue weighted by molar-refractivity contribution is 5.74. The van der Waals surface area contributed by atoms with Crippen LogP contribution in [0, 0.1) is 0 Å². The van der Waals surface area contributed by atoms with E-state index in [1.165, 1.54) is 7.11 Å². The van der Waals surface area contributed by atoms with Gasteiger partial charge in [0, 0.05) is 26.0 Å². The number of carbonyl (C=O) groups excluding carboxylic acids is 1. The molecule has 5 nitrogen and oxygen atoms in total. The van der Waals surface area contributed by atoms with Crippen molar-refractivity contribution in [3.05, 3.63) is 12.4 Å². The topological polar surface area (TPSA) is 47.4 Å². The molecule has 0 aliphatic heterocycles. The molecule has 0 aromatic carbocycles. The number of imidazole rings is 1. The molecular formula is C9H15N3O2. The molecule has 0 N–H and O–H groups in total. The Morgan fingerprint density at radius 3 is 3.00 bits per heavy atom. The molecule has 1 heterocycles. The SMILES string of the molecule is CCn1ccnc1N(C)CC(=O)OC. The minimum atomic E-state index is -0.266. The summed E-state index contributed by atoms with van der Waals surface area (Å²) in [5, 5.41) is 0. The van der Waals surface area contributed by atoms with Gasteiger partial charge in [0.1, 0.15) is 6.54 Å². The number of aromatic nitrogens is 2. The molecule has 5 heteroatoms. The standard InChI is InChI=1S/C9H15N3O2/c1-4-12-6-5-10-9(12)11(2)7-8(13)14-3/h5-6H,4,7H2,1-3H3. The van der Waals surface area contributed by atoms with Crippen LogP contribution in [-0.4, -0.2) is 36.2 Å². The molecule has 1 aromatic heterocycles. The number of nitrogens with zero attached hydrogens (tertiary/aromatic N) is 3. The van der Waals surface area contributed by atoms with Gasteiger partial charge in [-0.25, -0.2) is 4.98 Å². The Labute approximate surface area is 83.3 Å². The monoisotopic (exact) mass is 197 g/mol. The Bertz CT molecular complexity index is 309. The average Bonchev–Trinajstić information content (AvgIpc) is 2.65. The molecule has 14 heavy (non-hydrogen) atoms. The van der Waals surface area contributed by atoms with E-state index in [1.807, 2.05) is 24.7 Å². The van der Waals surface area contributed by atoms with Crippen LogP contribution in [0.3, 0.4) is 0 Å². The second-order valence-corrected chi connectivity index (χ2v) is 2.95.